The second-order valence-electron chi connectivity index (χ2n) is 10.1. The summed E-state index contributed by atoms with van der Waals surface area (Å²) in [7, 11) is 2.18. The van der Waals surface area contributed by atoms with E-state index in [2.05, 4.69) is 80.0 Å². The molecular formula is C29H34N8. The highest BCUT2D eigenvalue weighted by molar-refractivity contribution is 5.77. The fourth-order valence-electron chi connectivity index (χ4n) is 5.37. The maximum Gasteiger partial charge on any atom is 0.229 e. The van der Waals surface area contributed by atoms with E-state index in [1.165, 1.54) is 18.5 Å². The Kier molecular flexibility index (Phi) is 6.49. The molecule has 2 N–H and O–H groups in total. The summed E-state index contributed by atoms with van der Waals surface area (Å²) in [5, 5.41) is 6.93. The zero-order valence-corrected chi connectivity index (χ0v) is 21.4. The molecule has 4 aromatic rings. The lowest BCUT2D eigenvalue weighted by Crippen LogP contribution is -2.44. The number of benzene rings is 2. The van der Waals surface area contributed by atoms with Crippen molar-refractivity contribution in [2.24, 2.45) is 0 Å². The van der Waals surface area contributed by atoms with E-state index in [0.29, 0.717) is 12.0 Å². The zero-order chi connectivity index (χ0) is 25.2. The summed E-state index contributed by atoms with van der Waals surface area (Å²) >= 11 is 0. The second-order valence-corrected chi connectivity index (χ2v) is 10.1. The molecule has 2 aromatic heterocycles. The summed E-state index contributed by atoms with van der Waals surface area (Å²) < 4.78 is 2.27. The Bertz CT molecular complexity index is 1380. The molecule has 2 fully saturated rings. The number of piperazine rings is 1. The van der Waals surface area contributed by atoms with Gasteiger partial charge in [0.1, 0.15) is 5.52 Å². The van der Waals surface area contributed by atoms with E-state index >= 15 is 0 Å². The van der Waals surface area contributed by atoms with Crippen LogP contribution < -0.4 is 15.5 Å². The molecule has 0 amide bonds. The van der Waals surface area contributed by atoms with Gasteiger partial charge in [-0.2, -0.15) is 4.98 Å². The fourth-order valence-corrected chi connectivity index (χ4v) is 5.37. The molecule has 1 aliphatic heterocycles. The van der Waals surface area contributed by atoms with E-state index in [1.807, 2.05) is 24.4 Å². The zero-order valence-electron chi connectivity index (χ0n) is 21.4. The molecule has 2 aliphatic rings. The molecule has 6 rings (SSSR count). The van der Waals surface area contributed by atoms with Gasteiger partial charge in [0, 0.05) is 49.3 Å². The van der Waals surface area contributed by atoms with E-state index in [-0.39, 0.29) is 0 Å². The lowest BCUT2D eigenvalue weighted by atomic mass is 10.2. The third-order valence-corrected chi connectivity index (χ3v) is 7.49. The monoisotopic (exact) mass is 494 g/mol. The third-order valence-electron chi connectivity index (χ3n) is 7.49. The molecule has 8 heteroatoms. The van der Waals surface area contributed by atoms with Crippen LogP contribution >= 0.6 is 0 Å². The van der Waals surface area contributed by atoms with Gasteiger partial charge in [0.15, 0.2) is 5.65 Å². The van der Waals surface area contributed by atoms with Crippen LogP contribution in [0.5, 0.6) is 0 Å². The van der Waals surface area contributed by atoms with Crippen molar-refractivity contribution in [3.63, 3.8) is 0 Å². The number of imidazole rings is 1. The summed E-state index contributed by atoms with van der Waals surface area (Å²) in [6, 6.07) is 17.1. The highest BCUT2D eigenvalue weighted by atomic mass is 15.3. The van der Waals surface area contributed by atoms with E-state index in [0.717, 1.165) is 73.1 Å². The molecule has 190 valence electrons. The van der Waals surface area contributed by atoms with E-state index in [4.69, 9.17) is 9.97 Å². The summed E-state index contributed by atoms with van der Waals surface area (Å²) in [4.78, 5) is 19.2. The molecule has 2 aromatic carbocycles. The average Bonchev–Trinajstić information content (AvgIpc) is 3.57. The van der Waals surface area contributed by atoms with Gasteiger partial charge in [-0.25, -0.2) is 9.97 Å². The van der Waals surface area contributed by atoms with Crippen molar-refractivity contribution in [3.8, 4) is 0 Å². The largest absolute Gasteiger partial charge is 0.369 e. The van der Waals surface area contributed by atoms with Crippen LogP contribution in [0.2, 0.25) is 0 Å². The van der Waals surface area contributed by atoms with Gasteiger partial charge < -0.3 is 20.4 Å². The van der Waals surface area contributed by atoms with Crippen molar-refractivity contribution < 1.29 is 0 Å². The van der Waals surface area contributed by atoms with Crippen LogP contribution in [-0.2, 0) is 0 Å². The van der Waals surface area contributed by atoms with Gasteiger partial charge in [-0.3, -0.25) is 4.57 Å². The smallest absolute Gasteiger partial charge is 0.229 e. The van der Waals surface area contributed by atoms with Crippen molar-refractivity contribution in [1.29, 1.82) is 0 Å². The first kappa shape index (κ1) is 23.5. The number of likely N-dealkylation sites (N-methyl/N-ethyl adjacent to an activating group) is 1. The van der Waals surface area contributed by atoms with Gasteiger partial charge in [0.2, 0.25) is 11.9 Å². The van der Waals surface area contributed by atoms with Crippen LogP contribution in [0, 0.1) is 0 Å². The third kappa shape index (κ3) is 5.02. The number of hydrogen-bond acceptors (Lipinski definition) is 7. The normalized spacial score (nSPS) is 16.8. The highest BCUT2D eigenvalue weighted by Gasteiger charge is 2.24. The number of hydrogen-bond donors (Lipinski definition) is 2. The lowest BCUT2D eigenvalue weighted by Gasteiger charge is -2.34. The lowest BCUT2D eigenvalue weighted by molar-refractivity contribution is 0.313. The molecule has 3 heterocycles. The van der Waals surface area contributed by atoms with Gasteiger partial charge in [-0.05, 0) is 61.9 Å². The SMILES string of the molecule is C=Cc1cccc(Nc2nc3cnc(Nc4ccc(N5CCN(C)CC5)cc4)nc3n2C2CCCC2)c1. The predicted octanol–water partition coefficient (Wildman–Crippen LogP) is 5.82. The van der Waals surface area contributed by atoms with Crippen LogP contribution in [0.3, 0.4) is 0 Å². The minimum absolute atomic E-state index is 0.376. The minimum atomic E-state index is 0.376. The molecule has 1 saturated carbocycles. The van der Waals surface area contributed by atoms with Gasteiger partial charge in [-0.15, -0.1) is 0 Å². The topological polar surface area (TPSA) is 74.1 Å². The Labute approximate surface area is 218 Å². The van der Waals surface area contributed by atoms with E-state index in [1.54, 1.807) is 0 Å². The van der Waals surface area contributed by atoms with E-state index < -0.39 is 0 Å². The molecular weight excluding hydrogens is 460 g/mol. The molecule has 0 bridgehead atoms. The van der Waals surface area contributed by atoms with Crippen LogP contribution in [0.25, 0.3) is 17.2 Å². The Hall–Kier alpha value is -3.91. The average molecular weight is 495 g/mol. The van der Waals surface area contributed by atoms with Crippen molar-refractivity contribution in [2.75, 3.05) is 48.8 Å². The van der Waals surface area contributed by atoms with E-state index in [9.17, 15) is 0 Å². The first-order chi connectivity index (χ1) is 18.2. The maximum atomic E-state index is 4.94. The quantitative estimate of drug-likeness (QED) is 0.335. The van der Waals surface area contributed by atoms with Crippen molar-refractivity contribution in [3.05, 3.63) is 66.9 Å². The molecule has 0 unspecified atom stereocenters. The Morgan fingerprint density at radius 3 is 2.46 bits per heavy atom. The maximum absolute atomic E-state index is 4.94. The predicted molar refractivity (Wildman–Crippen MR) is 152 cm³/mol. The number of aromatic nitrogens is 4. The molecule has 37 heavy (non-hydrogen) atoms. The molecule has 0 radical (unpaired) electrons. The Balaban J connectivity index is 1.27. The van der Waals surface area contributed by atoms with Gasteiger partial charge in [-0.1, -0.05) is 37.6 Å². The molecule has 8 nitrogen and oxygen atoms in total. The van der Waals surface area contributed by atoms with Gasteiger partial charge in [0.25, 0.3) is 0 Å². The highest BCUT2D eigenvalue weighted by Crippen LogP contribution is 2.36. The van der Waals surface area contributed by atoms with Crippen molar-refractivity contribution in [2.45, 2.75) is 31.7 Å². The van der Waals surface area contributed by atoms with Crippen molar-refractivity contribution in [1.82, 2.24) is 24.4 Å². The van der Waals surface area contributed by atoms with Crippen LogP contribution in [0.4, 0.5) is 29.0 Å². The van der Waals surface area contributed by atoms with Crippen LogP contribution in [-0.4, -0.2) is 57.6 Å². The molecule has 0 spiro atoms. The standard InChI is InChI=1S/C29H34N8/c1-3-21-7-6-8-23(19-21)32-29-33-26-20-30-28(34-27(26)37(29)25-9-4-5-10-25)31-22-11-13-24(14-12-22)36-17-15-35(2)16-18-36/h3,6-8,11-14,19-20,25H,1,4-5,9-10,15-18H2,2H3,(H,32,33)(H,30,31,34). The molecule has 1 aliphatic carbocycles. The summed E-state index contributed by atoms with van der Waals surface area (Å²) in [6.45, 7) is 8.20. The number of rotatable bonds is 7. The number of anilines is 5. The summed E-state index contributed by atoms with van der Waals surface area (Å²) in [5.74, 6) is 1.39. The minimum Gasteiger partial charge on any atom is -0.369 e. The Morgan fingerprint density at radius 1 is 0.919 bits per heavy atom. The number of nitrogens with one attached hydrogen (secondary N) is 2. The van der Waals surface area contributed by atoms with Gasteiger partial charge >= 0.3 is 0 Å². The van der Waals surface area contributed by atoms with Gasteiger partial charge in [0.05, 0.1) is 6.20 Å². The summed E-state index contributed by atoms with van der Waals surface area (Å²) in [5.41, 5.74) is 5.94. The Morgan fingerprint density at radius 2 is 1.70 bits per heavy atom. The van der Waals surface area contributed by atoms with Crippen LogP contribution in [0.1, 0.15) is 37.3 Å². The fraction of sp³-hybridized carbons (Fsp3) is 0.345. The number of nitrogens with zero attached hydrogens (tertiary/aromatic N) is 6. The number of fused-ring (bicyclic) bond motifs is 1. The van der Waals surface area contributed by atoms with Crippen molar-refractivity contribution >= 4 is 46.2 Å². The van der Waals surface area contributed by atoms with Crippen LogP contribution in [0.15, 0.2) is 61.3 Å². The summed E-state index contributed by atoms with van der Waals surface area (Å²) in [6.07, 6.45) is 8.39. The second kappa shape index (κ2) is 10.2. The first-order valence-corrected chi connectivity index (χ1v) is 13.2. The first-order valence-electron chi connectivity index (χ1n) is 13.2. The molecule has 1 saturated heterocycles. The molecule has 0 atom stereocenters.